The van der Waals surface area contributed by atoms with E-state index in [2.05, 4.69) is 74.3 Å². The Hall–Kier alpha value is -4.12. The van der Waals surface area contributed by atoms with E-state index in [1.165, 1.54) is 6.42 Å². The van der Waals surface area contributed by atoms with Crippen molar-refractivity contribution in [1.29, 1.82) is 0 Å². The molecule has 0 atom stereocenters. The fourth-order valence-corrected chi connectivity index (χ4v) is 5.53. The monoisotopic (exact) mass is 568 g/mol. The zero-order chi connectivity index (χ0) is 29.4. The Balaban J connectivity index is 1.19. The standard InChI is InChI=1S/C31H40N10O/c1-6-9-38-10-12-39(13-11-38)25-14-23(17-32-19-25)27-20-40(37-35-27)28-15-24(18-33-21(28)2)34-30(42)26-16-29(22-7-8-22)41(36-26)31(3,4)5/h14-20,22H,6-13H2,1-5H3,(H,34,42). The molecule has 2 fully saturated rings. The second kappa shape index (κ2) is 11.3. The Morgan fingerprint density at radius 3 is 2.55 bits per heavy atom. The van der Waals surface area contributed by atoms with Gasteiger partial charge in [-0.1, -0.05) is 12.1 Å². The molecule has 1 saturated heterocycles. The van der Waals surface area contributed by atoms with Crippen molar-refractivity contribution >= 4 is 17.3 Å². The lowest BCUT2D eigenvalue weighted by molar-refractivity contribution is 0.102. The maximum Gasteiger partial charge on any atom is 0.276 e. The van der Waals surface area contributed by atoms with Crippen LogP contribution in [-0.2, 0) is 5.54 Å². The van der Waals surface area contributed by atoms with Gasteiger partial charge in [-0.2, -0.15) is 5.10 Å². The highest BCUT2D eigenvalue weighted by molar-refractivity contribution is 6.03. The molecule has 2 aliphatic rings. The molecule has 0 radical (unpaired) electrons. The molecule has 11 nitrogen and oxygen atoms in total. The van der Waals surface area contributed by atoms with Gasteiger partial charge in [0.05, 0.1) is 46.9 Å². The third-order valence-electron chi connectivity index (χ3n) is 7.96. The second-order valence-corrected chi connectivity index (χ2v) is 12.4. The van der Waals surface area contributed by atoms with Crippen LogP contribution in [0.5, 0.6) is 0 Å². The Kier molecular flexibility index (Phi) is 7.53. The SMILES string of the molecule is CCCN1CCN(c2cncc(-c3cn(-c4cc(NC(=O)c5cc(C6CC6)n(C(C)(C)C)n5)cnc4C)nn3)c2)CC1. The minimum absolute atomic E-state index is 0.196. The number of nitrogens with one attached hydrogen (secondary N) is 1. The highest BCUT2D eigenvalue weighted by Crippen LogP contribution is 2.41. The minimum Gasteiger partial charge on any atom is -0.368 e. The summed E-state index contributed by atoms with van der Waals surface area (Å²) < 4.78 is 3.69. The first kappa shape index (κ1) is 28.0. The van der Waals surface area contributed by atoms with Crippen LogP contribution in [0.1, 0.15) is 74.8 Å². The largest absolute Gasteiger partial charge is 0.368 e. The number of piperazine rings is 1. The smallest absolute Gasteiger partial charge is 0.276 e. The van der Waals surface area contributed by atoms with E-state index in [9.17, 15) is 4.79 Å². The van der Waals surface area contributed by atoms with Crippen molar-refractivity contribution in [2.45, 2.75) is 65.3 Å². The molecule has 4 aromatic heterocycles. The van der Waals surface area contributed by atoms with Gasteiger partial charge in [-0.15, -0.1) is 5.10 Å². The molecule has 42 heavy (non-hydrogen) atoms. The van der Waals surface area contributed by atoms with Crippen LogP contribution in [0, 0.1) is 6.92 Å². The second-order valence-electron chi connectivity index (χ2n) is 12.4. The van der Waals surface area contributed by atoms with E-state index in [1.54, 1.807) is 10.9 Å². The highest BCUT2D eigenvalue weighted by Gasteiger charge is 2.32. The quantitative estimate of drug-likeness (QED) is 0.327. The number of rotatable bonds is 8. The average Bonchev–Trinajstić information content (AvgIpc) is 3.51. The molecule has 220 valence electrons. The van der Waals surface area contributed by atoms with Crippen molar-refractivity contribution in [1.82, 2.24) is 39.6 Å². The van der Waals surface area contributed by atoms with E-state index in [-0.39, 0.29) is 11.4 Å². The molecule has 0 unspecified atom stereocenters. The lowest BCUT2D eigenvalue weighted by Crippen LogP contribution is -2.46. The predicted octanol–water partition coefficient (Wildman–Crippen LogP) is 4.65. The summed E-state index contributed by atoms with van der Waals surface area (Å²) in [5.41, 5.74) is 6.16. The van der Waals surface area contributed by atoms with Crippen LogP contribution in [0.2, 0.25) is 0 Å². The highest BCUT2D eigenvalue weighted by atomic mass is 16.2. The lowest BCUT2D eigenvalue weighted by Gasteiger charge is -2.35. The molecule has 0 spiro atoms. The first-order valence-electron chi connectivity index (χ1n) is 14.9. The number of hydrogen-bond acceptors (Lipinski definition) is 8. The zero-order valence-electron chi connectivity index (χ0n) is 25.2. The number of anilines is 2. The molecule has 1 aliphatic heterocycles. The summed E-state index contributed by atoms with van der Waals surface area (Å²) >= 11 is 0. The molecule has 1 N–H and O–H groups in total. The molecule has 1 amide bonds. The van der Waals surface area contributed by atoms with Gasteiger partial charge in [-0.3, -0.25) is 24.3 Å². The summed E-state index contributed by atoms with van der Waals surface area (Å²) in [7, 11) is 0. The summed E-state index contributed by atoms with van der Waals surface area (Å²) in [6.07, 6.45) is 10.7. The van der Waals surface area contributed by atoms with Crippen LogP contribution >= 0.6 is 0 Å². The van der Waals surface area contributed by atoms with E-state index in [4.69, 9.17) is 0 Å². The van der Waals surface area contributed by atoms with Crippen molar-refractivity contribution in [2.24, 2.45) is 0 Å². The van der Waals surface area contributed by atoms with Gasteiger partial charge in [0, 0.05) is 49.6 Å². The third-order valence-corrected chi connectivity index (χ3v) is 7.96. The van der Waals surface area contributed by atoms with E-state index in [1.807, 2.05) is 42.3 Å². The van der Waals surface area contributed by atoms with E-state index < -0.39 is 0 Å². The number of hydrogen-bond donors (Lipinski definition) is 1. The minimum atomic E-state index is -0.255. The van der Waals surface area contributed by atoms with Gasteiger partial charge >= 0.3 is 0 Å². The van der Waals surface area contributed by atoms with Gasteiger partial charge in [-0.25, -0.2) is 4.68 Å². The molecule has 4 aromatic rings. The van der Waals surface area contributed by atoms with E-state index in [0.717, 1.165) is 79.6 Å². The normalized spacial score (nSPS) is 16.2. The van der Waals surface area contributed by atoms with E-state index >= 15 is 0 Å². The molecule has 1 saturated carbocycles. The first-order chi connectivity index (χ1) is 20.2. The van der Waals surface area contributed by atoms with Crippen LogP contribution in [0.15, 0.2) is 43.0 Å². The fourth-order valence-electron chi connectivity index (χ4n) is 5.53. The molecule has 6 rings (SSSR count). The number of pyridine rings is 2. The summed E-state index contributed by atoms with van der Waals surface area (Å²) in [4.78, 5) is 27.1. The van der Waals surface area contributed by atoms with Gasteiger partial charge in [0.25, 0.3) is 5.91 Å². The average molecular weight is 569 g/mol. The topological polar surface area (TPSA) is 110 Å². The Bertz CT molecular complexity index is 1570. The van der Waals surface area contributed by atoms with Crippen LogP contribution in [-0.4, -0.2) is 78.3 Å². The number of amides is 1. The van der Waals surface area contributed by atoms with Gasteiger partial charge in [0.2, 0.25) is 0 Å². The van der Waals surface area contributed by atoms with Crippen molar-refractivity contribution in [3.8, 4) is 16.9 Å². The van der Waals surface area contributed by atoms with Crippen LogP contribution < -0.4 is 10.2 Å². The van der Waals surface area contributed by atoms with Crippen LogP contribution in [0.3, 0.4) is 0 Å². The Labute approximate surface area is 247 Å². The lowest BCUT2D eigenvalue weighted by atomic mass is 10.1. The summed E-state index contributed by atoms with van der Waals surface area (Å²) in [5.74, 6) is 0.230. The number of carbonyl (C=O) groups is 1. The Morgan fingerprint density at radius 2 is 1.83 bits per heavy atom. The number of aryl methyl sites for hydroxylation is 1. The van der Waals surface area contributed by atoms with Crippen molar-refractivity contribution in [2.75, 3.05) is 42.9 Å². The predicted molar refractivity (Wildman–Crippen MR) is 163 cm³/mol. The Morgan fingerprint density at radius 1 is 1.05 bits per heavy atom. The molecular formula is C31H40N10O. The fraction of sp³-hybridized carbons (Fsp3) is 0.484. The van der Waals surface area contributed by atoms with Crippen molar-refractivity contribution < 1.29 is 4.79 Å². The number of carbonyl (C=O) groups excluding carboxylic acids is 1. The zero-order valence-corrected chi connectivity index (χ0v) is 25.2. The van der Waals surface area contributed by atoms with Crippen molar-refractivity contribution in [3.63, 3.8) is 0 Å². The molecule has 5 heterocycles. The third kappa shape index (κ3) is 5.92. The molecule has 0 aromatic carbocycles. The van der Waals surface area contributed by atoms with Gasteiger partial charge in [0.15, 0.2) is 5.69 Å². The van der Waals surface area contributed by atoms with E-state index in [0.29, 0.717) is 17.3 Å². The molecular weight excluding hydrogens is 528 g/mol. The van der Waals surface area contributed by atoms with Crippen LogP contribution in [0.25, 0.3) is 16.9 Å². The summed E-state index contributed by atoms with van der Waals surface area (Å²) in [6, 6.07) is 5.93. The van der Waals surface area contributed by atoms with Gasteiger partial charge < -0.3 is 10.2 Å². The molecule has 0 bridgehead atoms. The van der Waals surface area contributed by atoms with Crippen molar-refractivity contribution in [3.05, 3.63) is 60.1 Å². The maximum atomic E-state index is 13.2. The number of aromatic nitrogens is 7. The maximum absolute atomic E-state index is 13.2. The van der Waals surface area contributed by atoms with Crippen LogP contribution in [0.4, 0.5) is 11.4 Å². The van der Waals surface area contributed by atoms with Gasteiger partial charge in [-0.05, 0) is 71.7 Å². The van der Waals surface area contributed by atoms with Gasteiger partial charge in [0.1, 0.15) is 5.69 Å². The molecule has 11 heteroatoms. The molecule has 1 aliphatic carbocycles. The first-order valence-corrected chi connectivity index (χ1v) is 14.9. The summed E-state index contributed by atoms with van der Waals surface area (Å²) in [5, 5.41) is 16.5. The summed E-state index contributed by atoms with van der Waals surface area (Å²) in [6.45, 7) is 15.7. The number of nitrogens with zero attached hydrogens (tertiary/aromatic N) is 9.